The number of aromatic nitrogens is 1. The number of amides is 2. The third kappa shape index (κ3) is 4.40. The summed E-state index contributed by atoms with van der Waals surface area (Å²) in [7, 11) is 0. The van der Waals surface area contributed by atoms with Gasteiger partial charge in [0.25, 0.3) is 5.91 Å². The fourth-order valence-electron chi connectivity index (χ4n) is 4.18. The van der Waals surface area contributed by atoms with Crippen molar-refractivity contribution in [2.75, 3.05) is 23.8 Å². The predicted molar refractivity (Wildman–Crippen MR) is 134 cm³/mol. The fourth-order valence-corrected chi connectivity index (χ4v) is 4.18. The molecule has 7 heteroatoms. The van der Waals surface area contributed by atoms with Crippen LogP contribution in [0.15, 0.2) is 72.8 Å². The van der Waals surface area contributed by atoms with Crippen LogP contribution in [0.3, 0.4) is 0 Å². The highest BCUT2D eigenvalue weighted by atomic mass is 16.6. The van der Waals surface area contributed by atoms with Crippen LogP contribution in [-0.2, 0) is 4.79 Å². The van der Waals surface area contributed by atoms with E-state index in [9.17, 15) is 9.59 Å². The van der Waals surface area contributed by atoms with Gasteiger partial charge < -0.3 is 20.1 Å². The lowest BCUT2D eigenvalue weighted by Crippen LogP contribution is -2.15. The lowest BCUT2D eigenvalue weighted by molar-refractivity contribution is -0.117. The molecular formula is C28H23N3O4. The average Bonchev–Trinajstić information content (AvgIpc) is 3.74. The maximum Gasteiger partial charge on any atom is 0.256 e. The molecular weight excluding hydrogens is 442 g/mol. The largest absolute Gasteiger partial charge is 0.486 e. The highest BCUT2D eigenvalue weighted by Crippen LogP contribution is 2.35. The van der Waals surface area contributed by atoms with Crippen LogP contribution < -0.4 is 20.1 Å². The van der Waals surface area contributed by atoms with Crippen LogP contribution in [0.5, 0.6) is 11.5 Å². The molecule has 0 unspecified atom stereocenters. The minimum absolute atomic E-state index is 0.0256. The van der Waals surface area contributed by atoms with E-state index in [0.29, 0.717) is 47.3 Å². The number of hydrogen-bond acceptors (Lipinski definition) is 5. The normalized spacial score (nSPS) is 14.4. The van der Waals surface area contributed by atoms with Gasteiger partial charge in [-0.3, -0.25) is 9.59 Å². The molecule has 174 valence electrons. The highest BCUT2D eigenvalue weighted by Gasteiger charge is 2.29. The Balaban J connectivity index is 1.32. The summed E-state index contributed by atoms with van der Waals surface area (Å²) in [5.41, 5.74) is 3.99. The Morgan fingerprint density at radius 1 is 0.800 bits per heavy atom. The van der Waals surface area contributed by atoms with Gasteiger partial charge in [-0.05, 0) is 61.4 Å². The monoisotopic (exact) mass is 465 g/mol. The van der Waals surface area contributed by atoms with E-state index in [1.807, 2.05) is 54.6 Å². The number of carbonyl (C=O) groups excluding carboxylic acids is 2. The summed E-state index contributed by atoms with van der Waals surface area (Å²) >= 11 is 0. The van der Waals surface area contributed by atoms with Crippen LogP contribution in [0.4, 0.5) is 11.4 Å². The van der Waals surface area contributed by atoms with Crippen molar-refractivity contribution in [1.29, 1.82) is 0 Å². The average molecular weight is 466 g/mol. The lowest BCUT2D eigenvalue weighted by Gasteiger charge is -2.19. The summed E-state index contributed by atoms with van der Waals surface area (Å²) in [5, 5.41) is 6.65. The van der Waals surface area contributed by atoms with Crippen LogP contribution in [-0.4, -0.2) is 30.0 Å². The molecule has 0 bridgehead atoms. The Bertz CT molecular complexity index is 1460. The van der Waals surface area contributed by atoms with Crippen LogP contribution in [0.1, 0.15) is 23.2 Å². The molecule has 1 fully saturated rings. The quantitative estimate of drug-likeness (QED) is 0.419. The van der Waals surface area contributed by atoms with Gasteiger partial charge in [0.15, 0.2) is 11.5 Å². The third-order valence-electron chi connectivity index (χ3n) is 6.13. The van der Waals surface area contributed by atoms with E-state index in [1.165, 1.54) is 0 Å². The second-order valence-corrected chi connectivity index (χ2v) is 8.73. The predicted octanol–water partition coefficient (Wildman–Crippen LogP) is 5.27. The zero-order valence-corrected chi connectivity index (χ0v) is 18.9. The van der Waals surface area contributed by atoms with E-state index < -0.39 is 0 Å². The molecule has 2 N–H and O–H groups in total. The van der Waals surface area contributed by atoms with Gasteiger partial charge in [-0.2, -0.15) is 0 Å². The number of nitrogens with one attached hydrogen (secondary N) is 2. The number of anilines is 2. The van der Waals surface area contributed by atoms with Crippen LogP contribution in [0, 0.1) is 5.92 Å². The molecule has 1 aliphatic heterocycles. The van der Waals surface area contributed by atoms with Crippen LogP contribution in [0.2, 0.25) is 0 Å². The first kappa shape index (κ1) is 21.2. The topological polar surface area (TPSA) is 89.6 Å². The number of carbonyl (C=O) groups is 2. The molecule has 2 aliphatic rings. The first-order valence-electron chi connectivity index (χ1n) is 11.7. The van der Waals surface area contributed by atoms with Crippen molar-refractivity contribution < 1.29 is 19.1 Å². The van der Waals surface area contributed by atoms with Crippen molar-refractivity contribution in [2.45, 2.75) is 12.8 Å². The number of rotatable bonds is 5. The summed E-state index contributed by atoms with van der Waals surface area (Å²) in [6, 6.07) is 22.2. The third-order valence-corrected chi connectivity index (χ3v) is 6.13. The maximum absolute atomic E-state index is 13.4. The molecule has 4 aromatic rings. The van der Waals surface area contributed by atoms with Gasteiger partial charge in [-0.15, -0.1) is 0 Å². The number of fused-ring (bicyclic) bond motifs is 2. The standard InChI is InChI=1S/C28H23N3O4/c32-27(17-8-9-17)29-19-4-3-5-20(15-19)30-28(33)22-16-24(31-23-7-2-1-6-21(22)23)18-10-11-25-26(14-18)35-13-12-34-25/h1-7,10-11,14-17H,8-9,12-13H2,(H,29,32)(H,30,33). The summed E-state index contributed by atoms with van der Waals surface area (Å²) in [4.78, 5) is 30.3. The van der Waals surface area contributed by atoms with Crippen molar-refractivity contribution in [1.82, 2.24) is 4.98 Å². The van der Waals surface area contributed by atoms with Gasteiger partial charge in [0, 0.05) is 28.2 Å². The van der Waals surface area contributed by atoms with E-state index in [4.69, 9.17) is 14.5 Å². The van der Waals surface area contributed by atoms with Gasteiger partial charge in [0.05, 0.1) is 16.8 Å². The molecule has 1 aliphatic carbocycles. The molecule has 2 heterocycles. The molecule has 2 amide bonds. The van der Waals surface area contributed by atoms with E-state index >= 15 is 0 Å². The van der Waals surface area contributed by atoms with E-state index in [1.54, 1.807) is 18.2 Å². The second kappa shape index (κ2) is 8.76. The lowest BCUT2D eigenvalue weighted by atomic mass is 10.0. The van der Waals surface area contributed by atoms with Crippen LogP contribution >= 0.6 is 0 Å². The first-order chi connectivity index (χ1) is 17.1. The number of nitrogens with zero attached hydrogens (tertiary/aromatic N) is 1. The molecule has 1 saturated carbocycles. The van der Waals surface area contributed by atoms with Crippen LogP contribution in [0.25, 0.3) is 22.2 Å². The number of hydrogen-bond donors (Lipinski definition) is 2. The van der Waals surface area contributed by atoms with E-state index in [2.05, 4.69) is 10.6 Å². The van der Waals surface area contributed by atoms with Crippen molar-refractivity contribution in [3.05, 3.63) is 78.4 Å². The maximum atomic E-state index is 13.4. The van der Waals surface area contributed by atoms with Gasteiger partial charge >= 0.3 is 0 Å². The first-order valence-corrected chi connectivity index (χ1v) is 11.7. The molecule has 35 heavy (non-hydrogen) atoms. The van der Waals surface area contributed by atoms with Crippen molar-refractivity contribution >= 4 is 34.1 Å². The number of ether oxygens (including phenoxy) is 2. The fraction of sp³-hybridized carbons (Fsp3) is 0.179. The highest BCUT2D eigenvalue weighted by molar-refractivity contribution is 6.13. The number of pyridine rings is 1. The van der Waals surface area contributed by atoms with Crippen molar-refractivity contribution in [3.8, 4) is 22.8 Å². The molecule has 1 aromatic heterocycles. The number of para-hydroxylation sites is 1. The Morgan fingerprint density at radius 3 is 2.40 bits per heavy atom. The van der Waals surface area contributed by atoms with Gasteiger partial charge in [-0.25, -0.2) is 4.98 Å². The van der Waals surface area contributed by atoms with Crippen molar-refractivity contribution in [3.63, 3.8) is 0 Å². The Labute approximate surface area is 202 Å². The summed E-state index contributed by atoms with van der Waals surface area (Å²) in [6.45, 7) is 1.02. The van der Waals surface area contributed by atoms with Gasteiger partial charge in [-0.1, -0.05) is 24.3 Å². The molecule has 6 rings (SSSR count). The van der Waals surface area contributed by atoms with E-state index in [0.717, 1.165) is 29.3 Å². The second-order valence-electron chi connectivity index (χ2n) is 8.73. The number of benzene rings is 3. The zero-order valence-electron chi connectivity index (χ0n) is 18.9. The minimum atomic E-state index is -0.256. The molecule has 3 aromatic carbocycles. The smallest absolute Gasteiger partial charge is 0.256 e. The molecule has 7 nitrogen and oxygen atoms in total. The van der Waals surface area contributed by atoms with Gasteiger partial charge in [0.1, 0.15) is 13.2 Å². The van der Waals surface area contributed by atoms with Crippen molar-refractivity contribution in [2.24, 2.45) is 5.92 Å². The Kier molecular flexibility index (Phi) is 5.29. The summed E-state index contributed by atoms with van der Waals surface area (Å²) < 4.78 is 11.4. The van der Waals surface area contributed by atoms with Gasteiger partial charge in [0.2, 0.25) is 5.91 Å². The zero-order chi connectivity index (χ0) is 23.8. The molecule has 0 radical (unpaired) electrons. The summed E-state index contributed by atoms with van der Waals surface area (Å²) in [6.07, 6.45) is 1.87. The molecule has 0 atom stereocenters. The molecule has 0 spiro atoms. The SMILES string of the molecule is O=C(Nc1cccc(NC(=O)C2CC2)c1)c1cc(-c2ccc3c(c2)OCCO3)nc2ccccc12. The molecule has 0 saturated heterocycles. The Hall–Kier alpha value is -4.39. The summed E-state index contributed by atoms with van der Waals surface area (Å²) in [5.74, 6) is 1.24. The van der Waals surface area contributed by atoms with E-state index in [-0.39, 0.29) is 17.7 Å². The Morgan fingerprint density at radius 2 is 1.57 bits per heavy atom. The minimum Gasteiger partial charge on any atom is -0.486 e.